The molecule has 0 radical (unpaired) electrons. The van der Waals surface area contributed by atoms with Crippen molar-refractivity contribution >= 4 is 28.6 Å². The largest absolute Gasteiger partial charge is 0.457 e. The lowest BCUT2D eigenvalue weighted by molar-refractivity contribution is 0.0751. The van der Waals surface area contributed by atoms with Gasteiger partial charge in [-0.2, -0.15) is 0 Å². The number of anilines is 2. The minimum Gasteiger partial charge on any atom is -0.457 e. The third kappa shape index (κ3) is 8.38. The number of nitrogens with zero attached hydrogens (tertiary/aromatic N) is 4. The number of aryl methyl sites for hydroxylation is 1. The number of aromatic nitrogens is 2. The van der Waals surface area contributed by atoms with Crippen molar-refractivity contribution in [2.45, 2.75) is 71.8 Å². The molecular weight excluding hydrogens is 534 g/mol. The first-order chi connectivity index (χ1) is 21.1. The fourth-order valence-electron chi connectivity index (χ4n) is 5.80. The van der Waals surface area contributed by atoms with Crippen molar-refractivity contribution in [1.82, 2.24) is 19.4 Å². The Balaban J connectivity index is 1.41. The van der Waals surface area contributed by atoms with Crippen LogP contribution in [0.1, 0.15) is 75.6 Å². The fraction of sp³-hybridized carbons (Fsp3) is 0.444. The van der Waals surface area contributed by atoms with Crippen molar-refractivity contribution < 1.29 is 9.53 Å². The van der Waals surface area contributed by atoms with Crippen LogP contribution in [-0.2, 0) is 6.54 Å². The van der Waals surface area contributed by atoms with Gasteiger partial charge in [0.15, 0.2) is 0 Å². The maximum absolute atomic E-state index is 13.7. The van der Waals surface area contributed by atoms with Gasteiger partial charge in [0.25, 0.3) is 5.91 Å². The second-order valence-electron chi connectivity index (χ2n) is 11.6. The van der Waals surface area contributed by atoms with Crippen LogP contribution in [0, 0.1) is 0 Å². The molecule has 0 unspecified atom stereocenters. The molecule has 228 valence electrons. The van der Waals surface area contributed by atoms with E-state index in [-0.39, 0.29) is 5.91 Å². The van der Waals surface area contributed by atoms with Gasteiger partial charge in [-0.15, -0.1) is 0 Å². The van der Waals surface area contributed by atoms with Crippen molar-refractivity contribution in [2.75, 3.05) is 38.0 Å². The fourth-order valence-corrected chi connectivity index (χ4v) is 5.80. The highest BCUT2D eigenvalue weighted by Crippen LogP contribution is 2.28. The Morgan fingerprint density at radius 2 is 1.58 bits per heavy atom. The molecule has 3 aromatic carbocycles. The number of piperidine rings is 1. The summed E-state index contributed by atoms with van der Waals surface area (Å²) in [6.07, 6.45) is 9.14. The molecule has 0 spiro atoms. The number of benzene rings is 3. The van der Waals surface area contributed by atoms with E-state index in [9.17, 15) is 4.79 Å². The van der Waals surface area contributed by atoms with Crippen molar-refractivity contribution in [3.63, 3.8) is 0 Å². The van der Waals surface area contributed by atoms with Crippen molar-refractivity contribution in [3.05, 3.63) is 78.4 Å². The van der Waals surface area contributed by atoms with Gasteiger partial charge in [-0.25, -0.2) is 4.98 Å². The molecule has 1 aliphatic heterocycles. The average molecular weight is 582 g/mol. The molecule has 0 bridgehead atoms. The normalized spacial score (nSPS) is 13.7. The van der Waals surface area contributed by atoms with Crippen LogP contribution in [0.2, 0.25) is 0 Å². The zero-order valence-electron chi connectivity index (χ0n) is 25.9. The van der Waals surface area contributed by atoms with Crippen LogP contribution in [0.15, 0.2) is 72.8 Å². The molecule has 1 N–H and O–H groups in total. The highest BCUT2D eigenvalue weighted by Gasteiger charge is 2.19. The zero-order valence-corrected chi connectivity index (χ0v) is 25.9. The van der Waals surface area contributed by atoms with Crippen LogP contribution in [0.5, 0.6) is 11.5 Å². The summed E-state index contributed by atoms with van der Waals surface area (Å²) in [6.45, 7) is 10.2. The lowest BCUT2D eigenvalue weighted by atomic mass is 10.1. The number of unbranched alkanes of at least 4 members (excludes halogenated alkanes) is 2. The van der Waals surface area contributed by atoms with Crippen molar-refractivity contribution in [1.29, 1.82) is 0 Å². The maximum atomic E-state index is 13.7. The van der Waals surface area contributed by atoms with E-state index in [1.807, 2.05) is 71.6 Å². The summed E-state index contributed by atoms with van der Waals surface area (Å²) in [4.78, 5) is 23.3. The average Bonchev–Trinajstić information content (AvgIpc) is 3.38. The number of imidazole rings is 1. The molecule has 5 rings (SSSR count). The number of likely N-dealkylation sites (tertiary alicyclic amines) is 1. The summed E-state index contributed by atoms with van der Waals surface area (Å²) in [5.41, 5.74) is 3.53. The monoisotopic (exact) mass is 581 g/mol. The molecule has 43 heavy (non-hydrogen) atoms. The molecule has 0 saturated carbocycles. The van der Waals surface area contributed by atoms with Gasteiger partial charge in [0.05, 0.1) is 11.0 Å². The Hall–Kier alpha value is -3.84. The van der Waals surface area contributed by atoms with Gasteiger partial charge >= 0.3 is 0 Å². The summed E-state index contributed by atoms with van der Waals surface area (Å²) in [5.74, 6) is 2.46. The highest BCUT2D eigenvalue weighted by atomic mass is 16.5. The molecule has 7 heteroatoms. The molecule has 1 aromatic heterocycles. The Labute approximate surface area is 256 Å². The second-order valence-corrected chi connectivity index (χ2v) is 11.6. The van der Waals surface area contributed by atoms with E-state index in [1.165, 1.54) is 32.4 Å². The van der Waals surface area contributed by atoms with Gasteiger partial charge in [-0.1, -0.05) is 57.4 Å². The second kappa shape index (κ2) is 15.6. The topological polar surface area (TPSA) is 62.6 Å². The number of para-hydroxylation sites is 1. The van der Waals surface area contributed by atoms with E-state index >= 15 is 0 Å². The van der Waals surface area contributed by atoms with Gasteiger partial charge < -0.3 is 24.4 Å². The Morgan fingerprint density at radius 3 is 2.33 bits per heavy atom. The number of hydrogen-bond donors (Lipinski definition) is 1. The number of fused-ring (bicyclic) bond motifs is 1. The van der Waals surface area contributed by atoms with E-state index < -0.39 is 0 Å². The van der Waals surface area contributed by atoms with Crippen LogP contribution in [-0.4, -0.2) is 58.0 Å². The Kier molecular flexibility index (Phi) is 11.1. The molecule has 1 saturated heterocycles. The molecule has 0 aliphatic carbocycles. The molecule has 4 aromatic rings. The van der Waals surface area contributed by atoms with Gasteiger partial charge in [-0.3, -0.25) is 4.79 Å². The standard InChI is InChI=1S/C36H47N5O2/c1-3-5-24-40(25-6-4-2)35(42)29-19-20-33-34(27-29)41(26-14-23-39-21-11-8-12-22-39)36(38-33)37-30-15-13-18-32(28-30)43-31-16-9-7-10-17-31/h7,9-10,13,15-20,27-28H,3-6,8,11-12,14,21-26H2,1-2H3,(H,37,38). The number of hydrogen-bond acceptors (Lipinski definition) is 5. The maximum Gasteiger partial charge on any atom is 0.253 e. The third-order valence-electron chi connectivity index (χ3n) is 8.22. The SMILES string of the molecule is CCCCN(CCCC)C(=O)c1ccc2nc(Nc3cccc(Oc4ccccc4)c3)n(CCCN3CCCCC3)c2c1. The van der Waals surface area contributed by atoms with Crippen LogP contribution >= 0.6 is 0 Å². The van der Waals surface area contributed by atoms with E-state index in [4.69, 9.17) is 9.72 Å². The third-order valence-corrected chi connectivity index (χ3v) is 8.22. The Morgan fingerprint density at radius 1 is 0.837 bits per heavy atom. The lowest BCUT2D eigenvalue weighted by Crippen LogP contribution is -2.33. The molecular formula is C36H47N5O2. The number of nitrogens with one attached hydrogen (secondary N) is 1. The van der Waals surface area contributed by atoms with E-state index in [2.05, 4.69) is 34.7 Å². The number of rotatable bonds is 15. The summed E-state index contributed by atoms with van der Waals surface area (Å²) >= 11 is 0. The highest BCUT2D eigenvalue weighted by molar-refractivity contribution is 5.98. The molecule has 7 nitrogen and oxygen atoms in total. The van der Waals surface area contributed by atoms with E-state index in [0.717, 1.165) is 98.0 Å². The predicted octanol–water partition coefficient (Wildman–Crippen LogP) is 8.49. The molecule has 1 fully saturated rings. The quantitative estimate of drug-likeness (QED) is 0.153. The molecule has 1 amide bonds. The molecule has 2 heterocycles. The summed E-state index contributed by atoms with van der Waals surface area (Å²) < 4.78 is 8.34. The number of ether oxygens (including phenoxy) is 1. The van der Waals surface area contributed by atoms with Crippen LogP contribution < -0.4 is 10.1 Å². The number of carbonyl (C=O) groups is 1. The number of amides is 1. The van der Waals surface area contributed by atoms with E-state index in [1.54, 1.807) is 0 Å². The minimum atomic E-state index is 0.116. The zero-order chi connectivity index (χ0) is 29.9. The first-order valence-electron chi connectivity index (χ1n) is 16.3. The van der Waals surface area contributed by atoms with Crippen LogP contribution in [0.25, 0.3) is 11.0 Å². The summed E-state index contributed by atoms with van der Waals surface area (Å²) in [5, 5.41) is 3.57. The predicted molar refractivity (Wildman–Crippen MR) is 177 cm³/mol. The molecule has 0 atom stereocenters. The molecule has 1 aliphatic rings. The smallest absolute Gasteiger partial charge is 0.253 e. The van der Waals surface area contributed by atoms with Crippen molar-refractivity contribution in [2.24, 2.45) is 0 Å². The first kappa shape index (κ1) is 30.6. The van der Waals surface area contributed by atoms with Crippen LogP contribution in [0.3, 0.4) is 0 Å². The van der Waals surface area contributed by atoms with Gasteiger partial charge in [-0.05, 0) is 94.2 Å². The Bertz CT molecular complexity index is 1440. The lowest BCUT2D eigenvalue weighted by Gasteiger charge is -2.26. The van der Waals surface area contributed by atoms with E-state index in [0.29, 0.717) is 0 Å². The van der Waals surface area contributed by atoms with Gasteiger partial charge in [0, 0.05) is 37.0 Å². The number of carbonyl (C=O) groups excluding carboxylic acids is 1. The summed E-state index contributed by atoms with van der Waals surface area (Å²) in [6, 6.07) is 23.8. The first-order valence-corrected chi connectivity index (χ1v) is 16.3. The summed E-state index contributed by atoms with van der Waals surface area (Å²) in [7, 11) is 0. The van der Waals surface area contributed by atoms with Gasteiger partial charge in [0.1, 0.15) is 11.5 Å². The van der Waals surface area contributed by atoms with Crippen molar-refractivity contribution in [3.8, 4) is 11.5 Å². The minimum absolute atomic E-state index is 0.116. The van der Waals surface area contributed by atoms with Gasteiger partial charge in [0.2, 0.25) is 5.95 Å². The van der Waals surface area contributed by atoms with Crippen LogP contribution in [0.4, 0.5) is 11.6 Å².